The van der Waals surface area contributed by atoms with Gasteiger partial charge in [0.2, 0.25) is 0 Å². The third-order valence-electron chi connectivity index (χ3n) is 6.60. The molecule has 1 fully saturated rings. The predicted octanol–water partition coefficient (Wildman–Crippen LogP) is 5.95. The van der Waals surface area contributed by atoms with E-state index in [1.165, 1.54) is 37.4 Å². The second-order valence-corrected chi connectivity index (χ2v) is 10.2. The first-order valence-corrected chi connectivity index (χ1v) is 13.7. The highest BCUT2D eigenvalue weighted by Crippen LogP contribution is 2.29. The zero-order valence-electron chi connectivity index (χ0n) is 22.1. The van der Waals surface area contributed by atoms with Crippen molar-refractivity contribution in [2.45, 2.75) is 76.6 Å². The Morgan fingerprint density at radius 2 is 1.69 bits per heavy atom. The summed E-state index contributed by atoms with van der Waals surface area (Å²) in [6.07, 6.45) is 4.05. The van der Waals surface area contributed by atoms with E-state index in [1.54, 1.807) is 18.2 Å². The largest absolute Gasteiger partial charge is 0.471 e. The van der Waals surface area contributed by atoms with E-state index in [-0.39, 0.29) is 18.5 Å². The normalized spacial score (nSPS) is 15.5. The van der Waals surface area contributed by atoms with Crippen LogP contribution in [0.25, 0.3) is 0 Å². The average Bonchev–Trinajstić information content (AvgIpc) is 2.92. The van der Waals surface area contributed by atoms with E-state index < -0.39 is 24.8 Å². The van der Waals surface area contributed by atoms with Crippen LogP contribution in [0.1, 0.15) is 85.9 Å². The van der Waals surface area contributed by atoms with Gasteiger partial charge in [-0.15, -0.1) is 0 Å². The van der Waals surface area contributed by atoms with E-state index in [2.05, 4.69) is 12.2 Å². The van der Waals surface area contributed by atoms with Crippen LogP contribution in [0.5, 0.6) is 0 Å². The molecule has 0 bridgehead atoms. The van der Waals surface area contributed by atoms with Gasteiger partial charge in [-0.3, -0.25) is 9.59 Å². The number of aliphatic hydroxyl groups excluding tert-OH is 2. The number of carbonyl (C=O) groups excluding carboxylic acids is 2. The molecule has 1 unspecified atom stereocenters. The fraction of sp³-hybridized carbons (Fsp3) is 0.517. The highest BCUT2D eigenvalue weighted by molar-refractivity contribution is 6.30. The van der Waals surface area contributed by atoms with E-state index in [9.17, 15) is 27.9 Å². The second kappa shape index (κ2) is 16.5. The number of carbonyl (C=O) groups is 2. The van der Waals surface area contributed by atoms with Gasteiger partial charge in [0.15, 0.2) is 0 Å². The topological polar surface area (TPSA) is 98.7 Å². The first-order chi connectivity index (χ1) is 18.5. The van der Waals surface area contributed by atoms with Gasteiger partial charge in [0.05, 0.1) is 6.61 Å². The Morgan fingerprint density at radius 1 is 1.05 bits per heavy atom. The second-order valence-electron chi connectivity index (χ2n) is 9.76. The first kappa shape index (κ1) is 32.6. The van der Waals surface area contributed by atoms with Gasteiger partial charge in [-0.25, -0.2) is 0 Å². The number of benzene rings is 2. The zero-order valence-corrected chi connectivity index (χ0v) is 22.9. The molecule has 3 rings (SSSR count). The predicted molar refractivity (Wildman–Crippen MR) is 145 cm³/mol. The molecule has 1 saturated carbocycles. The minimum Gasteiger partial charge on any atom is -0.395 e. The van der Waals surface area contributed by atoms with Crippen molar-refractivity contribution in [1.82, 2.24) is 10.6 Å². The van der Waals surface area contributed by atoms with Crippen molar-refractivity contribution in [2.24, 2.45) is 5.92 Å². The van der Waals surface area contributed by atoms with Crippen molar-refractivity contribution in [2.75, 3.05) is 13.2 Å². The van der Waals surface area contributed by atoms with E-state index >= 15 is 0 Å². The van der Waals surface area contributed by atoms with Gasteiger partial charge in [0.25, 0.3) is 5.91 Å². The molecule has 2 atom stereocenters. The maximum Gasteiger partial charge on any atom is 0.471 e. The summed E-state index contributed by atoms with van der Waals surface area (Å²) in [4.78, 5) is 22.8. The molecule has 0 radical (unpaired) electrons. The number of halogens is 4. The van der Waals surface area contributed by atoms with Crippen LogP contribution in [0.3, 0.4) is 0 Å². The molecule has 0 aromatic heterocycles. The number of hydrogen-bond acceptors (Lipinski definition) is 4. The molecule has 6 nitrogen and oxygen atoms in total. The Labute approximate surface area is 233 Å². The molecule has 39 heavy (non-hydrogen) atoms. The van der Waals surface area contributed by atoms with E-state index in [1.807, 2.05) is 30.3 Å². The fourth-order valence-electron chi connectivity index (χ4n) is 4.68. The molecule has 0 heterocycles. The highest BCUT2D eigenvalue weighted by atomic mass is 35.5. The summed E-state index contributed by atoms with van der Waals surface area (Å²) in [6.45, 7) is 1.29. The van der Waals surface area contributed by atoms with E-state index in [0.717, 1.165) is 30.7 Å². The van der Waals surface area contributed by atoms with E-state index in [4.69, 9.17) is 16.7 Å². The highest BCUT2D eigenvalue weighted by Gasteiger charge is 2.38. The molecule has 1 aliphatic carbocycles. The zero-order chi connectivity index (χ0) is 28.8. The van der Waals surface area contributed by atoms with Gasteiger partial charge in [-0.1, -0.05) is 81.3 Å². The van der Waals surface area contributed by atoms with Crippen LogP contribution in [0, 0.1) is 5.92 Å². The molecule has 4 N–H and O–H groups in total. The maximum absolute atomic E-state index is 12.9. The minimum absolute atomic E-state index is 0.0561. The summed E-state index contributed by atoms with van der Waals surface area (Å²) in [5.74, 6) is -1.35. The van der Waals surface area contributed by atoms with Crippen LogP contribution in [0.2, 0.25) is 5.02 Å². The van der Waals surface area contributed by atoms with Gasteiger partial charge < -0.3 is 20.8 Å². The number of amides is 2. The number of rotatable bonds is 10. The Morgan fingerprint density at radius 3 is 2.28 bits per heavy atom. The molecule has 0 saturated heterocycles. The van der Waals surface area contributed by atoms with Crippen molar-refractivity contribution >= 4 is 23.4 Å². The molecule has 0 aliphatic heterocycles. The summed E-state index contributed by atoms with van der Waals surface area (Å²) < 4.78 is 33.8. The summed E-state index contributed by atoms with van der Waals surface area (Å²) >= 11 is 6.05. The van der Waals surface area contributed by atoms with Crippen LogP contribution in [-0.2, 0) is 4.79 Å². The molecule has 0 spiro atoms. The van der Waals surface area contributed by atoms with Crippen LogP contribution >= 0.6 is 11.6 Å². The molecule has 2 amide bonds. The van der Waals surface area contributed by atoms with Crippen molar-refractivity contribution in [1.29, 1.82) is 0 Å². The number of alkyl halides is 3. The average molecular weight is 571 g/mol. The van der Waals surface area contributed by atoms with Crippen molar-refractivity contribution < 1.29 is 33.0 Å². The Hall–Kier alpha value is -2.62. The Kier molecular flexibility index (Phi) is 13.8. The summed E-state index contributed by atoms with van der Waals surface area (Å²) in [5.41, 5.74) is 2.00. The van der Waals surface area contributed by atoms with E-state index in [0.29, 0.717) is 16.1 Å². The van der Waals surface area contributed by atoms with Gasteiger partial charge >= 0.3 is 12.1 Å². The van der Waals surface area contributed by atoms with Gasteiger partial charge in [0.1, 0.15) is 6.10 Å². The lowest BCUT2D eigenvalue weighted by atomic mass is 9.84. The SMILES string of the molecule is CCC[C@H](CC1CCCCC1)NC(=O)c1cccc(C(O)c2cccc(Cl)c2)c1.O=C(NCCO)C(F)(F)F. The number of aliphatic hydroxyl groups is 2. The van der Waals surface area contributed by atoms with Gasteiger partial charge in [-0.05, 0) is 54.2 Å². The Bertz CT molecular complexity index is 1050. The van der Waals surface area contributed by atoms with Crippen LogP contribution in [0.4, 0.5) is 13.2 Å². The van der Waals surface area contributed by atoms with Crippen molar-refractivity contribution in [3.05, 3.63) is 70.2 Å². The molecule has 1 aliphatic rings. The summed E-state index contributed by atoms with van der Waals surface area (Å²) in [7, 11) is 0. The third-order valence-corrected chi connectivity index (χ3v) is 6.83. The van der Waals surface area contributed by atoms with Crippen LogP contribution < -0.4 is 10.6 Å². The lowest BCUT2D eigenvalue weighted by Crippen LogP contribution is -2.38. The quantitative estimate of drug-likeness (QED) is 0.284. The fourth-order valence-corrected chi connectivity index (χ4v) is 4.88. The van der Waals surface area contributed by atoms with Crippen LogP contribution in [-0.4, -0.2) is 47.4 Å². The van der Waals surface area contributed by atoms with Crippen LogP contribution in [0.15, 0.2) is 48.5 Å². The molecule has 216 valence electrons. The number of hydrogen-bond donors (Lipinski definition) is 4. The molecule has 10 heteroatoms. The first-order valence-electron chi connectivity index (χ1n) is 13.3. The lowest BCUT2D eigenvalue weighted by Gasteiger charge is -2.27. The standard InChI is InChI=1S/C25H32ClNO2.C4H6F3NO2/c1-2-8-23(15-18-9-4-3-5-10-18)27-25(29)21-13-6-11-19(16-21)24(28)20-12-7-14-22(26)17-20;5-4(6,7)3(10)8-1-2-9/h6-7,11-14,16-18,23-24,28H,2-5,8-10,15H2,1H3,(H,27,29);9H,1-2H2,(H,8,10)/t23-,24?;/m1./s1. The van der Waals surface area contributed by atoms with Gasteiger partial charge in [0, 0.05) is 23.2 Å². The molecule has 2 aromatic rings. The third kappa shape index (κ3) is 11.6. The molecular formula is C29H38ClF3N2O4. The summed E-state index contributed by atoms with van der Waals surface area (Å²) in [5, 5.41) is 24.0. The number of nitrogens with one attached hydrogen (secondary N) is 2. The maximum atomic E-state index is 12.9. The lowest BCUT2D eigenvalue weighted by molar-refractivity contribution is -0.173. The minimum atomic E-state index is -4.85. The Balaban J connectivity index is 0.000000455. The van der Waals surface area contributed by atoms with Crippen molar-refractivity contribution in [3.8, 4) is 0 Å². The van der Waals surface area contributed by atoms with Crippen molar-refractivity contribution in [3.63, 3.8) is 0 Å². The summed E-state index contributed by atoms with van der Waals surface area (Å²) in [6, 6.07) is 14.7. The smallest absolute Gasteiger partial charge is 0.395 e. The van der Waals surface area contributed by atoms with Gasteiger partial charge in [-0.2, -0.15) is 13.2 Å². The monoisotopic (exact) mass is 570 g/mol. The molecular weight excluding hydrogens is 533 g/mol. The molecule has 2 aromatic carbocycles.